The molecule has 2 rings (SSSR count). The number of hydrogen-bond acceptors (Lipinski definition) is 5. The zero-order valence-corrected chi connectivity index (χ0v) is 13.1. The molecule has 2 aromatic heterocycles. The number of carbonyl (C=O) groups excluding carboxylic acids is 1. The Bertz CT molecular complexity index is 537. The summed E-state index contributed by atoms with van der Waals surface area (Å²) in [5, 5.41) is 10.8. The second-order valence-corrected chi connectivity index (χ2v) is 5.78. The molecule has 0 saturated heterocycles. The molecule has 0 atom stereocenters. The highest BCUT2D eigenvalue weighted by molar-refractivity contribution is 7.07. The zero-order valence-electron chi connectivity index (χ0n) is 12.3. The molecule has 0 fully saturated rings. The second kappa shape index (κ2) is 8.56. The molecule has 0 radical (unpaired) electrons. The lowest BCUT2D eigenvalue weighted by molar-refractivity contribution is -0.120. The average molecular weight is 307 g/mol. The minimum Gasteiger partial charge on any atom is -0.356 e. The number of carbonyl (C=O) groups is 1. The number of rotatable bonds is 9. The first-order valence-electron chi connectivity index (χ1n) is 7.37. The van der Waals surface area contributed by atoms with E-state index in [2.05, 4.69) is 22.4 Å². The standard InChI is InChI=1S/C15H21N3O2S/c1-2-3-4-5-7-16-14(19)10-13-17-15(20-18-13)9-12-6-8-21-11-12/h6,8,11H,2-5,7,9-10H2,1H3,(H,16,19). The molecule has 114 valence electrons. The van der Waals surface area contributed by atoms with Crippen molar-refractivity contribution in [2.45, 2.75) is 45.4 Å². The Labute approximate surface area is 128 Å². The Morgan fingerprint density at radius 3 is 3.05 bits per heavy atom. The first-order valence-corrected chi connectivity index (χ1v) is 8.31. The summed E-state index contributed by atoms with van der Waals surface area (Å²) in [6, 6.07) is 2.03. The Balaban J connectivity index is 1.70. The number of unbranched alkanes of at least 4 members (excludes halogenated alkanes) is 3. The van der Waals surface area contributed by atoms with E-state index in [0.717, 1.165) is 24.9 Å². The molecule has 0 saturated carbocycles. The van der Waals surface area contributed by atoms with E-state index < -0.39 is 0 Å². The van der Waals surface area contributed by atoms with Crippen LogP contribution in [0.1, 0.15) is 49.9 Å². The fourth-order valence-electron chi connectivity index (χ4n) is 1.99. The van der Waals surface area contributed by atoms with E-state index in [4.69, 9.17) is 4.52 Å². The summed E-state index contributed by atoms with van der Waals surface area (Å²) in [5.74, 6) is 0.958. The van der Waals surface area contributed by atoms with E-state index in [9.17, 15) is 4.79 Å². The van der Waals surface area contributed by atoms with Crippen molar-refractivity contribution in [3.05, 3.63) is 34.1 Å². The Morgan fingerprint density at radius 1 is 1.38 bits per heavy atom. The fraction of sp³-hybridized carbons (Fsp3) is 0.533. The van der Waals surface area contributed by atoms with Crippen molar-refractivity contribution in [2.75, 3.05) is 6.54 Å². The fourth-order valence-corrected chi connectivity index (χ4v) is 2.66. The average Bonchev–Trinajstić information content (AvgIpc) is 3.11. The van der Waals surface area contributed by atoms with Crippen LogP contribution in [0.2, 0.25) is 0 Å². The van der Waals surface area contributed by atoms with Crippen LogP contribution in [0.15, 0.2) is 21.3 Å². The van der Waals surface area contributed by atoms with E-state index >= 15 is 0 Å². The minimum absolute atomic E-state index is 0.0469. The third-order valence-electron chi connectivity index (χ3n) is 3.12. The summed E-state index contributed by atoms with van der Waals surface area (Å²) < 4.78 is 5.16. The number of amides is 1. The molecule has 2 heterocycles. The number of thiophene rings is 1. The number of aromatic nitrogens is 2. The van der Waals surface area contributed by atoms with Crippen LogP contribution in [0, 0.1) is 0 Å². The number of nitrogens with zero attached hydrogens (tertiary/aromatic N) is 2. The largest absolute Gasteiger partial charge is 0.356 e. The van der Waals surface area contributed by atoms with Gasteiger partial charge in [-0.1, -0.05) is 31.3 Å². The maximum Gasteiger partial charge on any atom is 0.231 e. The lowest BCUT2D eigenvalue weighted by atomic mass is 10.2. The van der Waals surface area contributed by atoms with Gasteiger partial charge >= 0.3 is 0 Å². The smallest absolute Gasteiger partial charge is 0.231 e. The van der Waals surface area contributed by atoms with Gasteiger partial charge in [0, 0.05) is 6.54 Å². The molecule has 0 aliphatic rings. The molecule has 2 aromatic rings. The first kappa shape index (κ1) is 15.7. The van der Waals surface area contributed by atoms with Crippen LogP contribution in [0.4, 0.5) is 0 Å². The van der Waals surface area contributed by atoms with Gasteiger partial charge in [-0.05, 0) is 28.8 Å². The van der Waals surface area contributed by atoms with Crippen LogP contribution < -0.4 is 5.32 Å². The summed E-state index contributed by atoms with van der Waals surface area (Å²) >= 11 is 1.64. The molecule has 6 heteroatoms. The number of hydrogen-bond donors (Lipinski definition) is 1. The van der Waals surface area contributed by atoms with Gasteiger partial charge in [-0.15, -0.1) is 0 Å². The molecule has 0 aromatic carbocycles. The van der Waals surface area contributed by atoms with E-state index in [0.29, 0.717) is 18.1 Å². The van der Waals surface area contributed by atoms with Gasteiger partial charge in [0.25, 0.3) is 0 Å². The summed E-state index contributed by atoms with van der Waals surface area (Å²) in [6.07, 6.45) is 5.39. The zero-order chi connectivity index (χ0) is 14.9. The van der Waals surface area contributed by atoms with Crippen molar-refractivity contribution in [2.24, 2.45) is 0 Å². The van der Waals surface area contributed by atoms with Crippen molar-refractivity contribution in [1.29, 1.82) is 0 Å². The van der Waals surface area contributed by atoms with Gasteiger partial charge < -0.3 is 9.84 Å². The van der Waals surface area contributed by atoms with Crippen molar-refractivity contribution >= 4 is 17.2 Å². The predicted molar refractivity (Wildman–Crippen MR) is 82.3 cm³/mol. The van der Waals surface area contributed by atoms with Crippen molar-refractivity contribution in [3.63, 3.8) is 0 Å². The summed E-state index contributed by atoms with van der Waals surface area (Å²) in [4.78, 5) is 16.0. The van der Waals surface area contributed by atoms with Crippen LogP contribution in [0.3, 0.4) is 0 Å². The summed E-state index contributed by atoms with van der Waals surface area (Å²) in [7, 11) is 0. The van der Waals surface area contributed by atoms with E-state index in [1.165, 1.54) is 12.8 Å². The molecular formula is C15H21N3O2S. The highest BCUT2D eigenvalue weighted by Crippen LogP contribution is 2.11. The van der Waals surface area contributed by atoms with Crippen LogP contribution in [0.5, 0.6) is 0 Å². The molecule has 21 heavy (non-hydrogen) atoms. The summed E-state index contributed by atoms with van der Waals surface area (Å²) in [6.45, 7) is 2.89. The molecule has 0 bridgehead atoms. The Kier molecular flexibility index (Phi) is 6.40. The Morgan fingerprint density at radius 2 is 2.29 bits per heavy atom. The molecule has 0 spiro atoms. The molecule has 1 N–H and O–H groups in total. The SMILES string of the molecule is CCCCCCNC(=O)Cc1noc(Cc2ccsc2)n1. The van der Waals surface area contributed by atoms with Gasteiger partial charge in [0.2, 0.25) is 11.8 Å². The van der Waals surface area contributed by atoms with E-state index in [1.807, 2.05) is 16.8 Å². The van der Waals surface area contributed by atoms with Crippen LogP contribution in [0.25, 0.3) is 0 Å². The summed E-state index contributed by atoms with van der Waals surface area (Å²) in [5.41, 5.74) is 1.15. The van der Waals surface area contributed by atoms with Gasteiger partial charge in [0.05, 0.1) is 12.8 Å². The van der Waals surface area contributed by atoms with Crippen LogP contribution >= 0.6 is 11.3 Å². The highest BCUT2D eigenvalue weighted by Gasteiger charge is 2.11. The van der Waals surface area contributed by atoms with Gasteiger partial charge in [-0.2, -0.15) is 16.3 Å². The molecule has 0 unspecified atom stereocenters. The monoisotopic (exact) mass is 307 g/mol. The lowest BCUT2D eigenvalue weighted by Gasteiger charge is -2.02. The third-order valence-corrected chi connectivity index (χ3v) is 3.85. The van der Waals surface area contributed by atoms with Gasteiger partial charge in [0.1, 0.15) is 0 Å². The van der Waals surface area contributed by atoms with Gasteiger partial charge in [-0.25, -0.2) is 0 Å². The first-order chi connectivity index (χ1) is 10.3. The minimum atomic E-state index is -0.0469. The van der Waals surface area contributed by atoms with Crippen LogP contribution in [-0.2, 0) is 17.6 Å². The molecule has 1 amide bonds. The van der Waals surface area contributed by atoms with Crippen LogP contribution in [-0.4, -0.2) is 22.6 Å². The Hall–Kier alpha value is -1.69. The molecular weight excluding hydrogens is 286 g/mol. The highest BCUT2D eigenvalue weighted by atomic mass is 32.1. The second-order valence-electron chi connectivity index (χ2n) is 5.00. The molecule has 0 aliphatic carbocycles. The topological polar surface area (TPSA) is 68.0 Å². The van der Waals surface area contributed by atoms with Crippen molar-refractivity contribution < 1.29 is 9.32 Å². The number of nitrogens with one attached hydrogen (secondary N) is 1. The van der Waals surface area contributed by atoms with E-state index in [-0.39, 0.29) is 12.3 Å². The van der Waals surface area contributed by atoms with Gasteiger partial charge in [0.15, 0.2) is 5.82 Å². The van der Waals surface area contributed by atoms with Crippen molar-refractivity contribution in [1.82, 2.24) is 15.5 Å². The lowest BCUT2D eigenvalue weighted by Crippen LogP contribution is -2.26. The maximum atomic E-state index is 11.7. The normalized spacial score (nSPS) is 10.7. The predicted octanol–water partition coefficient (Wildman–Crippen LogP) is 2.96. The van der Waals surface area contributed by atoms with E-state index in [1.54, 1.807) is 11.3 Å². The van der Waals surface area contributed by atoms with Gasteiger partial charge in [-0.3, -0.25) is 4.79 Å². The van der Waals surface area contributed by atoms with Crippen molar-refractivity contribution in [3.8, 4) is 0 Å². The molecule has 0 aliphatic heterocycles. The third kappa shape index (κ3) is 5.67. The quantitative estimate of drug-likeness (QED) is 0.723. The maximum absolute atomic E-state index is 11.7. The molecule has 5 nitrogen and oxygen atoms in total.